The lowest BCUT2D eigenvalue weighted by molar-refractivity contribution is -0.114. The fraction of sp³-hybridized carbons (Fsp3) is 0.273. The molecule has 0 unspecified atom stereocenters. The zero-order valence-electron chi connectivity index (χ0n) is 16.5. The van der Waals surface area contributed by atoms with Gasteiger partial charge in [0.05, 0.1) is 12.3 Å². The van der Waals surface area contributed by atoms with E-state index in [-0.39, 0.29) is 5.75 Å². The number of amides is 1. The first-order valence-electron chi connectivity index (χ1n) is 9.34. The maximum atomic E-state index is 12.8. The van der Waals surface area contributed by atoms with Gasteiger partial charge in [0.15, 0.2) is 5.78 Å². The minimum atomic E-state index is -3.89. The number of hydrogen-bond acceptors (Lipinski definition) is 5. The zero-order chi connectivity index (χ0) is 21.0. The molecule has 2 aromatic carbocycles. The molecule has 0 aromatic heterocycles. The molecule has 0 N–H and O–H groups in total. The number of nitrogens with zero attached hydrogens (tertiary/aromatic N) is 2. The Morgan fingerprint density at radius 2 is 1.76 bits per heavy atom. The van der Waals surface area contributed by atoms with Crippen LogP contribution >= 0.6 is 0 Å². The van der Waals surface area contributed by atoms with Crippen molar-refractivity contribution < 1.29 is 18.0 Å². The van der Waals surface area contributed by atoms with Crippen molar-refractivity contribution in [3.63, 3.8) is 0 Å². The largest absolute Gasteiger partial charge is 0.347 e. The molecule has 0 radical (unpaired) electrons. The molecule has 0 saturated heterocycles. The highest BCUT2D eigenvalue weighted by Crippen LogP contribution is 2.46. The number of fused-ring (bicyclic) bond motifs is 2. The summed E-state index contributed by atoms with van der Waals surface area (Å²) in [5, 5.41) is 0. The normalized spacial score (nSPS) is 20.5. The molecule has 2 aliphatic rings. The van der Waals surface area contributed by atoms with Crippen LogP contribution in [0.1, 0.15) is 35.3 Å². The smallest absolute Gasteiger partial charge is 0.268 e. The van der Waals surface area contributed by atoms with Crippen LogP contribution in [0.5, 0.6) is 0 Å². The molecule has 1 amide bonds. The Balaban J connectivity index is 1.65. The minimum absolute atomic E-state index is 0.282. The summed E-state index contributed by atoms with van der Waals surface area (Å²) in [5.41, 5.74) is 3.26. The highest BCUT2D eigenvalue weighted by atomic mass is 32.2. The molecule has 150 valence electrons. The van der Waals surface area contributed by atoms with E-state index in [0.29, 0.717) is 15.4 Å². The van der Waals surface area contributed by atoms with E-state index in [2.05, 4.69) is 0 Å². The highest BCUT2D eigenvalue weighted by Gasteiger charge is 2.40. The molecule has 0 spiro atoms. The first-order valence-corrected chi connectivity index (χ1v) is 10.9. The SMILES string of the molecule is CN1/C(=C/C(=O)CN2C(=O)c3ccccc3CS2(=O)=O)C(C)(C)c2ccccc21. The van der Waals surface area contributed by atoms with Crippen LogP contribution in [0, 0.1) is 0 Å². The van der Waals surface area contributed by atoms with Gasteiger partial charge in [-0.15, -0.1) is 0 Å². The van der Waals surface area contributed by atoms with Gasteiger partial charge in [0.1, 0.15) is 0 Å². The first kappa shape index (κ1) is 19.4. The lowest BCUT2D eigenvalue weighted by Gasteiger charge is -2.28. The predicted octanol–water partition coefficient (Wildman–Crippen LogP) is 2.85. The van der Waals surface area contributed by atoms with E-state index in [1.807, 2.05) is 50.1 Å². The molecule has 0 atom stereocenters. The number of allylic oxidation sites excluding steroid dienone is 1. The molecule has 2 aliphatic heterocycles. The molecule has 7 heteroatoms. The van der Waals surface area contributed by atoms with Gasteiger partial charge >= 0.3 is 0 Å². The molecular weight excluding hydrogens is 388 g/mol. The number of carbonyl (C=O) groups is 2. The van der Waals surface area contributed by atoms with Crippen molar-refractivity contribution in [1.82, 2.24) is 4.31 Å². The average Bonchev–Trinajstić information content (AvgIpc) is 2.86. The van der Waals surface area contributed by atoms with Crippen molar-refractivity contribution in [2.45, 2.75) is 25.0 Å². The topological polar surface area (TPSA) is 74.8 Å². The number of para-hydroxylation sites is 1. The molecule has 29 heavy (non-hydrogen) atoms. The summed E-state index contributed by atoms with van der Waals surface area (Å²) < 4.78 is 25.9. The van der Waals surface area contributed by atoms with Crippen molar-refractivity contribution in [2.24, 2.45) is 0 Å². The third-order valence-electron chi connectivity index (χ3n) is 5.69. The lowest BCUT2D eigenvalue weighted by Crippen LogP contribution is -2.44. The van der Waals surface area contributed by atoms with Gasteiger partial charge in [0.25, 0.3) is 5.91 Å². The van der Waals surface area contributed by atoms with Crippen molar-refractivity contribution in [2.75, 3.05) is 18.5 Å². The van der Waals surface area contributed by atoms with Gasteiger partial charge in [0.2, 0.25) is 10.0 Å². The van der Waals surface area contributed by atoms with E-state index in [4.69, 9.17) is 0 Å². The fourth-order valence-electron chi connectivity index (χ4n) is 4.16. The molecule has 4 rings (SSSR count). The van der Waals surface area contributed by atoms with E-state index in [0.717, 1.165) is 16.9 Å². The summed E-state index contributed by atoms with van der Waals surface area (Å²) >= 11 is 0. The highest BCUT2D eigenvalue weighted by molar-refractivity contribution is 7.89. The van der Waals surface area contributed by atoms with E-state index < -0.39 is 33.7 Å². The number of anilines is 1. The van der Waals surface area contributed by atoms with Crippen LogP contribution in [-0.2, 0) is 26.0 Å². The maximum absolute atomic E-state index is 12.8. The number of benzene rings is 2. The van der Waals surface area contributed by atoms with Gasteiger partial charge < -0.3 is 4.90 Å². The maximum Gasteiger partial charge on any atom is 0.268 e. The third kappa shape index (κ3) is 3.06. The van der Waals surface area contributed by atoms with Crippen molar-refractivity contribution in [1.29, 1.82) is 0 Å². The Labute approximate surface area is 170 Å². The molecular formula is C22H22N2O4S. The summed E-state index contributed by atoms with van der Waals surface area (Å²) in [5.74, 6) is -1.36. The van der Waals surface area contributed by atoms with Gasteiger partial charge in [-0.05, 0) is 23.3 Å². The van der Waals surface area contributed by atoms with E-state index >= 15 is 0 Å². The summed E-state index contributed by atoms with van der Waals surface area (Å²) in [4.78, 5) is 27.5. The van der Waals surface area contributed by atoms with Crippen LogP contribution < -0.4 is 4.90 Å². The number of rotatable bonds is 3. The number of hydrogen-bond donors (Lipinski definition) is 0. The quantitative estimate of drug-likeness (QED) is 0.728. The molecule has 0 aliphatic carbocycles. The Morgan fingerprint density at radius 3 is 2.48 bits per heavy atom. The third-order valence-corrected chi connectivity index (χ3v) is 7.33. The zero-order valence-corrected chi connectivity index (χ0v) is 17.4. The Hall–Kier alpha value is -2.93. The van der Waals surface area contributed by atoms with Crippen LogP contribution in [0.4, 0.5) is 5.69 Å². The number of carbonyl (C=O) groups excluding carboxylic acids is 2. The number of ketones is 1. The van der Waals surface area contributed by atoms with Gasteiger partial charge in [-0.3, -0.25) is 9.59 Å². The molecule has 0 bridgehead atoms. The van der Waals surface area contributed by atoms with Gasteiger partial charge in [-0.25, -0.2) is 12.7 Å². The molecule has 0 fully saturated rings. The Morgan fingerprint density at radius 1 is 1.10 bits per heavy atom. The van der Waals surface area contributed by atoms with Crippen LogP contribution in [0.2, 0.25) is 0 Å². The van der Waals surface area contributed by atoms with Crippen LogP contribution in [-0.4, -0.2) is 38.0 Å². The van der Waals surface area contributed by atoms with Gasteiger partial charge in [0, 0.05) is 35.5 Å². The lowest BCUT2D eigenvalue weighted by atomic mass is 9.83. The van der Waals surface area contributed by atoms with Crippen molar-refractivity contribution in [3.05, 3.63) is 77.0 Å². The van der Waals surface area contributed by atoms with Gasteiger partial charge in [-0.1, -0.05) is 50.2 Å². The first-order chi connectivity index (χ1) is 13.6. The number of sulfonamides is 1. The van der Waals surface area contributed by atoms with Crippen molar-refractivity contribution in [3.8, 4) is 0 Å². The predicted molar refractivity (Wildman–Crippen MR) is 111 cm³/mol. The second-order valence-corrected chi connectivity index (χ2v) is 9.82. The standard InChI is InChI=1S/C22H22N2O4S/c1-22(2)18-10-6-7-11-19(18)23(3)20(22)12-16(25)13-24-21(26)17-9-5-4-8-15(17)14-29(24,27)28/h4-12H,13-14H2,1-3H3/b20-12+. The van der Waals surface area contributed by atoms with E-state index in [1.54, 1.807) is 24.3 Å². The van der Waals surface area contributed by atoms with Crippen LogP contribution in [0.3, 0.4) is 0 Å². The summed E-state index contributed by atoms with van der Waals surface area (Å²) in [6, 6.07) is 14.5. The Kier molecular flexibility index (Phi) is 4.38. The van der Waals surface area contributed by atoms with E-state index in [1.165, 1.54) is 6.08 Å². The van der Waals surface area contributed by atoms with Crippen LogP contribution in [0.25, 0.3) is 0 Å². The Bertz CT molecular complexity index is 1160. The van der Waals surface area contributed by atoms with E-state index in [9.17, 15) is 18.0 Å². The second kappa shape index (κ2) is 6.56. The fourth-order valence-corrected chi connectivity index (χ4v) is 5.63. The summed E-state index contributed by atoms with van der Waals surface area (Å²) in [6.07, 6.45) is 1.46. The monoisotopic (exact) mass is 410 g/mol. The molecule has 0 saturated carbocycles. The minimum Gasteiger partial charge on any atom is -0.347 e. The molecule has 2 aromatic rings. The molecule has 2 heterocycles. The van der Waals surface area contributed by atoms with Gasteiger partial charge in [-0.2, -0.15) is 0 Å². The van der Waals surface area contributed by atoms with Crippen molar-refractivity contribution >= 4 is 27.4 Å². The summed E-state index contributed by atoms with van der Waals surface area (Å²) in [6.45, 7) is 3.54. The molecule has 6 nitrogen and oxygen atoms in total. The average molecular weight is 410 g/mol. The number of likely N-dealkylation sites (N-methyl/N-ethyl adjacent to an activating group) is 1. The van der Waals surface area contributed by atoms with Crippen LogP contribution in [0.15, 0.2) is 60.3 Å². The second-order valence-electron chi connectivity index (χ2n) is 7.92. The summed E-state index contributed by atoms with van der Waals surface area (Å²) in [7, 11) is -2.01.